The van der Waals surface area contributed by atoms with Gasteiger partial charge in [0.05, 0.1) is 5.92 Å². The number of benzene rings is 1. The molecule has 0 aromatic heterocycles. The topological polar surface area (TPSA) is 56.7 Å². The van der Waals surface area contributed by atoms with Gasteiger partial charge in [0.1, 0.15) is 0 Å². The van der Waals surface area contributed by atoms with Gasteiger partial charge in [-0.3, -0.25) is 4.99 Å². The average Bonchev–Trinajstić information content (AvgIpc) is 2.54. The van der Waals surface area contributed by atoms with E-state index in [0.29, 0.717) is 24.4 Å². The number of phenolic OH excluding ortho intramolecular Hbond substituents is 1. The molecule has 0 spiro atoms. The highest BCUT2D eigenvalue weighted by molar-refractivity contribution is 14.0. The number of hydrogen-bond acceptors (Lipinski definition) is 2. The largest absolute Gasteiger partial charge is 0.505 e. The van der Waals surface area contributed by atoms with Crippen molar-refractivity contribution in [3.63, 3.8) is 0 Å². The smallest absolute Gasteiger partial charge is 0.391 e. The van der Waals surface area contributed by atoms with Crippen LogP contribution >= 0.6 is 24.0 Å². The summed E-state index contributed by atoms with van der Waals surface area (Å²) in [5.41, 5.74) is 0.619. The summed E-state index contributed by atoms with van der Waals surface area (Å²) in [4.78, 5) is 4.03. The van der Waals surface area contributed by atoms with E-state index in [2.05, 4.69) is 15.6 Å². The van der Waals surface area contributed by atoms with Gasteiger partial charge in [0, 0.05) is 19.6 Å². The minimum Gasteiger partial charge on any atom is -0.505 e. The number of hydrogen-bond donors (Lipinski definition) is 3. The van der Waals surface area contributed by atoms with E-state index in [0.717, 1.165) is 0 Å². The van der Waals surface area contributed by atoms with E-state index in [1.54, 1.807) is 13.1 Å². The second-order valence-electron chi connectivity index (χ2n) is 5.95. The molecule has 0 amide bonds. The Morgan fingerprint density at radius 2 is 1.88 bits per heavy atom. The van der Waals surface area contributed by atoms with Crippen LogP contribution in [0.25, 0.3) is 0 Å². The molecule has 0 saturated heterocycles. The Morgan fingerprint density at radius 3 is 2.40 bits per heavy atom. The number of aliphatic imine (C=N–C) groups is 1. The van der Waals surface area contributed by atoms with Crippen molar-refractivity contribution in [2.45, 2.75) is 44.4 Å². The van der Waals surface area contributed by atoms with Gasteiger partial charge in [0.25, 0.3) is 0 Å². The third-order valence-corrected chi connectivity index (χ3v) is 4.23. The van der Waals surface area contributed by atoms with E-state index >= 15 is 0 Å². The van der Waals surface area contributed by atoms with E-state index in [1.807, 2.05) is 0 Å². The lowest BCUT2D eigenvalue weighted by Gasteiger charge is -2.31. The first-order valence-corrected chi connectivity index (χ1v) is 7.81. The van der Waals surface area contributed by atoms with Gasteiger partial charge in [-0.2, -0.15) is 13.2 Å². The summed E-state index contributed by atoms with van der Waals surface area (Å²) in [5, 5.41) is 15.2. The normalized spacial score (nSPS) is 21.4. The highest BCUT2D eigenvalue weighted by atomic mass is 127. The minimum absolute atomic E-state index is 0. The fourth-order valence-electron chi connectivity index (χ4n) is 2.80. The van der Waals surface area contributed by atoms with Crippen molar-refractivity contribution >= 4 is 29.9 Å². The zero-order valence-electron chi connectivity index (χ0n) is 13.7. The van der Waals surface area contributed by atoms with E-state index in [4.69, 9.17) is 5.11 Å². The molecule has 25 heavy (non-hydrogen) atoms. The molecule has 0 aliphatic heterocycles. The molecule has 9 heteroatoms. The molecule has 0 radical (unpaired) electrons. The molecule has 0 bridgehead atoms. The van der Waals surface area contributed by atoms with E-state index < -0.39 is 23.7 Å². The first-order valence-electron chi connectivity index (χ1n) is 7.81. The van der Waals surface area contributed by atoms with Crippen molar-refractivity contribution in [1.29, 1.82) is 0 Å². The predicted molar refractivity (Wildman–Crippen MR) is 98.6 cm³/mol. The molecule has 3 N–H and O–H groups in total. The first kappa shape index (κ1) is 21.8. The van der Waals surface area contributed by atoms with E-state index in [9.17, 15) is 17.6 Å². The summed E-state index contributed by atoms with van der Waals surface area (Å²) in [5.74, 6) is -1.88. The maximum Gasteiger partial charge on any atom is 0.391 e. The van der Waals surface area contributed by atoms with E-state index in [-0.39, 0.29) is 49.4 Å². The summed E-state index contributed by atoms with van der Waals surface area (Å²) < 4.78 is 51.3. The Kier molecular flexibility index (Phi) is 8.23. The lowest BCUT2D eigenvalue weighted by atomic mass is 9.85. The molecule has 1 saturated carbocycles. The van der Waals surface area contributed by atoms with Gasteiger partial charge in [-0.05, 0) is 43.4 Å². The summed E-state index contributed by atoms with van der Waals surface area (Å²) >= 11 is 0. The van der Waals surface area contributed by atoms with Crippen LogP contribution in [-0.2, 0) is 6.54 Å². The molecule has 0 atom stereocenters. The van der Waals surface area contributed by atoms with Crippen LogP contribution in [0.5, 0.6) is 5.75 Å². The predicted octanol–water partition coefficient (Wildman–Crippen LogP) is 3.94. The summed E-state index contributed by atoms with van der Waals surface area (Å²) in [6.45, 7) is 0.286. The fourth-order valence-corrected chi connectivity index (χ4v) is 2.80. The third-order valence-electron chi connectivity index (χ3n) is 4.23. The second-order valence-corrected chi connectivity index (χ2v) is 5.95. The molecule has 1 aliphatic carbocycles. The van der Waals surface area contributed by atoms with Gasteiger partial charge in [0.15, 0.2) is 17.5 Å². The lowest BCUT2D eigenvalue weighted by molar-refractivity contribution is -0.182. The Bertz CT molecular complexity index is 587. The highest BCUT2D eigenvalue weighted by Crippen LogP contribution is 2.37. The van der Waals surface area contributed by atoms with Crippen LogP contribution in [0.15, 0.2) is 23.2 Å². The molecule has 0 heterocycles. The number of nitrogens with one attached hydrogen (secondary N) is 2. The molecule has 4 nitrogen and oxygen atoms in total. The van der Waals surface area contributed by atoms with Crippen LogP contribution in [0, 0.1) is 11.7 Å². The maximum absolute atomic E-state index is 13.3. The van der Waals surface area contributed by atoms with Crippen molar-refractivity contribution < 1.29 is 22.7 Å². The highest BCUT2D eigenvalue weighted by Gasteiger charge is 2.41. The Balaban J connectivity index is 0.00000312. The van der Waals surface area contributed by atoms with Gasteiger partial charge < -0.3 is 15.7 Å². The van der Waals surface area contributed by atoms with Crippen LogP contribution in [0.3, 0.4) is 0 Å². The molecule has 1 aromatic rings. The zero-order chi connectivity index (χ0) is 17.7. The molecule has 1 aliphatic rings. The molecular formula is C16H22F4IN3O. The lowest BCUT2D eigenvalue weighted by Crippen LogP contribution is -2.45. The summed E-state index contributed by atoms with van der Waals surface area (Å²) in [6, 6.07) is 3.99. The number of aromatic hydroxyl groups is 1. The number of halogens is 5. The van der Waals surface area contributed by atoms with Crippen LogP contribution < -0.4 is 10.6 Å². The molecule has 2 rings (SSSR count). The van der Waals surface area contributed by atoms with E-state index in [1.165, 1.54) is 12.1 Å². The molecule has 1 fully saturated rings. The molecular weight excluding hydrogens is 453 g/mol. The molecule has 1 aromatic carbocycles. The first-order chi connectivity index (χ1) is 11.3. The zero-order valence-corrected chi connectivity index (χ0v) is 16.1. The standard InChI is InChI=1S/C16H21F4N3O.HI/c1-21-15(22-9-10-2-7-14(24)13(17)8-10)23-12-5-3-11(4-6-12)16(18,19)20;/h2,7-8,11-12,24H,3-6,9H2,1H3,(H2,21,22,23);1H. The number of alkyl halides is 3. The number of rotatable bonds is 3. The number of nitrogens with zero attached hydrogens (tertiary/aromatic N) is 1. The van der Waals surface area contributed by atoms with Gasteiger partial charge in [0.2, 0.25) is 0 Å². The Labute approximate surface area is 161 Å². The third kappa shape index (κ3) is 6.52. The SMILES string of the molecule is CN=C(NCc1ccc(O)c(F)c1)NC1CCC(C(F)(F)F)CC1.I. The van der Waals surface area contributed by atoms with Gasteiger partial charge >= 0.3 is 6.18 Å². The molecule has 0 unspecified atom stereocenters. The van der Waals surface area contributed by atoms with Crippen LogP contribution in [0.2, 0.25) is 0 Å². The van der Waals surface area contributed by atoms with Crippen molar-refractivity contribution in [2.24, 2.45) is 10.9 Å². The van der Waals surface area contributed by atoms with Gasteiger partial charge in [-0.25, -0.2) is 4.39 Å². The fraction of sp³-hybridized carbons (Fsp3) is 0.562. The van der Waals surface area contributed by atoms with Crippen molar-refractivity contribution in [3.05, 3.63) is 29.6 Å². The Hall–Kier alpha value is -1.26. The Morgan fingerprint density at radius 1 is 1.24 bits per heavy atom. The van der Waals surface area contributed by atoms with Crippen molar-refractivity contribution in [3.8, 4) is 5.75 Å². The quantitative estimate of drug-likeness (QED) is 0.269. The molecule has 142 valence electrons. The van der Waals surface area contributed by atoms with Gasteiger partial charge in [-0.15, -0.1) is 24.0 Å². The average molecular weight is 475 g/mol. The van der Waals surface area contributed by atoms with Crippen LogP contribution in [0.1, 0.15) is 31.2 Å². The monoisotopic (exact) mass is 475 g/mol. The summed E-state index contributed by atoms with van der Waals surface area (Å²) in [7, 11) is 1.56. The van der Waals surface area contributed by atoms with Crippen molar-refractivity contribution in [1.82, 2.24) is 10.6 Å². The van der Waals surface area contributed by atoms with Crippen LogP contribution in [0.4, 0.5) is 17.6 Å². The minimum atomic E-state index is -4.12. The summed E-state index contributed by atoms with van der Waals surface area (Å²) in [6.07, 6.45) is -3.03. The van der Waals surface area contributed by atoms with Gasteiger partial charge in [-0.1, -0.05) is 6.07 Å². The second kappa shape index (κ2) is 9.44. The maximum atomic E-state index is 13.3. The number of guanidine groups is 1. The van der Waals surface area contributed by atoms with Crippen molar-refractivity contribution in [2.75, 3.05) is 7.05 Å². The van der Waals surface area contributed by atoms with Crippen LogP contribution in [-0.4, -0.2) is 30.3 Å². The number of phenols is 1.